The van der Waals surface area contributed by atoms with Gasteiger partial charge in [0.2, 0.25) is 5.91 Å². The lowest BCUT2D eigenvalue weighted by Crippen LogP contribution is -2.38. The van der Waals surface area contributed by atoms with Gasteiger partial charge in [0, 0.05) is 30.5 Å². The highest BCUT2D eigenvalue weighted by atomic mass is 32.1. The van der Waals surface area contributed by atoms with Crippen molar-refractivity contribution in [2.45, 2.75) is 13.3 Å². The summed E-state index contributed by atoms with van der Waals surface area (Å²) in [7, 11) is 0. The molecule has 1 aromatic carbocycles. The molecule has 1 aliphatic rings. The molecule has 3 N–H and O–H groups in total. The van der Waals surface area contributed by atoms with Gasteiger partial charge in [0.05, 0.1) is 11.4 Å². The molecule has 8 heteroatoms. The number of ether oxygens (including phenoxy) is 1. The lowest BCUT2D eigenvalue weighted by molar-refractivity contribution is -0.121. The summed E-state index contributed by atoms with van der Waals surface area (Å²) in [4.78, 5) is 29.7. The number of nitrogens with one attached hydrogen (secondary N) is 1. The summed E-state index contributed by atoms with van der Waals surface area (Å²) >= 11 is 1.35. The van der Waals surface area contributed by atoms with Gasteiger partial charge in [-0.1, -0.05) is 0 Å². The summed E-state index contributed by atoms with van der Waals surface area (Å²) in [5.41, 5.74) is 7.70. The molecule has 0 fully saturated rings. The number of benzene rings is 1. The summed E-state index contributed by atoms with van der Waals surface area (Å²) in [6.07, 6.45) is 0.263. The zero-order valence-corrected chi connectivity index (χ0v) is 14.1. The Kier molecular flexibility index (Phi) is 4.77. The normalized spacial score (nSPS) is 13.4. The van der Waals surface area contributed by atoms with Gasteiger partial charge in [-0.25, -0.2) is 4.98 Å². The first kappa shape index (κ1) is 16.4. The van der Waals surface area contributed by atoms with E-state index in [0.29, 0.717) is 24.0 Å². The molecule has 0 unspecified atom stereocenters. The van der Waals surface area contributed by atoms with Gasteiger partial charge in [0.25, 0.3) is 5.91 Å². The van der Waals surface area contributed by atoms with Crippen molar-refractivity contribution in [2.24, 2.45) is 5.73 Å². The molecule has 0 saturated carbocycles. The van der Waals surface area contributed by atoms with Gasteiger partial charge in [-0.05, 0) is 25.1 Å². The van der Waals surface area contributed by atoms with E-state index in [-0.39, 0.29) is 24.8 Å². The Bertz CT molecular complexity index is 774. The van der Waals surface area contributed by atoms with Crippen LogP contribution < -0.4 is 20.7 Å². The van der Waals surface area contributed by atoms with Gasteiger partial charge in [0.15, 0.2) is 11.7 Å². The van der Waals surface area contributed by atoms with Crippen molar-refractivity contribution in [1.82, 2.24) is 4.98 Å². The van der Waals surface area contributed by atoms with Crippen molar-refractivity contribution in [1.29, 1.82) is 0 Å². The molecule has 24 heavy (non-hydrogen) atoms. The van der Waals surface area contributed by atoms with Gasteiger partial charge in [-0.2, -0.15) is 0 Å². The molecule has 3 rings (SSSR count). The molecule has 0 saturated heterocycles. The molecule has 1 aliphatic heterocycles. The third kappa shape index (κ3) is 3.24. The number of carbonyl (C=O) groups is 2. The van der Waals surface area contributed by atoms with Crippen LogP contribution in [-0.4, -0.2) is 36.5 Å². The summed E-state index contributed by atoms with van der Waals surface area (Å²) in [5, 5.41) is 5.11. The Morgan fingerprint density at radius 3 is 3.08 bits per heavy atom. The first-order valence-corrected chi connectivity index (χ1v) is 8.53. The number of fused-ring (bicyclic) bond motifs is 1. The Labute approximate surface area is 143 Å². The molecule has 2 heterocycles. The third-order valence-corrected chi connectivity index (χ3v) is 4.39. The van der Waals surface area contributed by atoms with Crippen molar-refractivity contribution in [3.63, 3.8) is 0 Å². The number of hydrogen-bond donors (Lipinski definition) is 2. The van der Waals surface area contributed by atoms with Crippen LogP contribution in [0.1, 0.15) is 13.3 Å². The molecule has 2 aromatic rings. The Hall–Kier alpha value is -2.45. The fraction of sp³-hybridized carbons (Fsp3) is 0.312. The second-order valence-corrected chi connectivity index (χ2v) is 6.09. The van der Waals surface area contributed by atoms with E-state index in [1.807, 2.05) is 30.5 Å². The molecule has 0 radical (unpaired) electrons. The molecule has 2 amide bonds. The standard InChI is InChI=1S/C16H18N4O3S/c1-2-20-12-7-10(3-4-13(12)23-8-15(20)22)11-9-24-16(18-11)19-14(21)5-6-17/h3-4,7,9H,2,5-6,8,17H2,1H3,(H,18,19,21). The van der Waals surface area contributed by atoms with Crippen molar-refractivity contribution in [3.8, 4) is 17.0 Å². The van der Waals surface area contributed by atoms with E-state index in [9.17, 15) is 9.59 Å². The van der Waals surface area contributed by atoms with Gasteiger partial charge in [0.1, 0.15) is 5.75 Å². The van der Waals surface area contributed by atoms with Gasteiger partial charge in [-0.15, -0.1) is 11.3 Å². The largest absolute Gasteiger partial charge is 0.482 e. The van der Waals surface area contributed by atoms with Gasteiger partial charge < -0.3 is 20.7 Å². The predicted octanol–water partition coefficient (Wildman–Crippen LogP) is 1.84. The van der Waals surface area contributed by atoms with E-state index in [4.69, 9.17) is 10.5 Å². The zero-order chi connectivity index (χ0) is 17.1. The van der Waals surface area contributed by atoms with Crippen LogP contribution in [-0.2, 0) is 9.59 Å². The van der Waals surface area contributed by atoms with Crippen LogP contribution in [0.15, 0.2) is 23.6 Å². The number of anilines is 2. The Balaban J connectivity index is 1.86. The summed E-state index contributed by atoms with van der Waals surface area (Å²) < 4.78 is 5.47. The zero-order valence-electron chi connectivity index (χ0n) is 13.2. The topological polar surface area (TPSA) is 97.5 Å². The second-order valence-electron chi connectivity index (χ2n) is 5.23. The fourth-order valence-corrected chi connectivity index (χ4v) is 3.22. The first-order valence-electron chi connectivity index (χ1n) is 7.65. The number of nitrogens with two attached hydrogens (primary N) is 1. The number of hydrogen-bond acceptors (Lipinski definition) is 6. The van der Waals surface area contributed by atoms with E-state index < -0.39 is 0 Å². The van der Waals surface area contributed by atoms with Crippen LogP contribution in [0.2, 0.25) is 0 Å². The maximum Gasteiger partial charge on any atom is 0.265 e. The van der Waals surface area contributed by atoms with Crippen molar-refractivity contribution in [2.75, 3.05) is 29.9 Å². The van der Waals surface area contributed by atoms with E-state index in [0.717, 1.165) is 16.9 Å². The highest BCUT2D eigenvalue weighted by molar-refractivity contribution is 7.14. The number of carbonyl (C=O) groups excluding carboxylic acids is 2. The molecule has 126 valence electrons. The summed E-state index contributed by atoms with van der Waals surface area (Å²) in [5.74, 6) is 0.474. The quantitative estimate of drug-likeness (QED) is 0.861. The van der Waals surface area contributed by atoms with E-state index in [2.05, 4.69) is 10.3 Å². The van der Waals surface area contributed by atoms with Crippen LogP contribution in [0.4, 0.5) is 10.8 Å². The number of aromatic nitrogens is 1. The average molecular weight is 346 g/mol. The van der Waals surface area contributed by atoms with Crippen molar-refractivity contribution < 1.29 is 14.3 Å². The SMILES string of the molecule is CCN1C(=O)COc2ccc(-c3csc(NC(=O)CCN)n3)cc21. The van der Waals surface area contributed by atoms with E-state index >= 15 is 0 Å². The highest BCUT2D eigenvalue weighted by Gasteiger charge is 2.24. The number of nitrogens with zero attached hydrogens (tertiary/aromatic N) is 2. The van der Waals surface area contributed by atoms with Crippen LogP contribution >= 0.6 is 11.3 Å². The first-order chi connectivity index (χ1) is 11.6. The lowest BCUT2D eigenvalue weighted by Gasteiger charge is -2.28. The van der Waals surface area contributed by atoms with Gasteiger partial charge in [-0.3, -0.25) is 9.59 Å². The minimum Gasteiger partial charge on any atom is -0.482 e. The molecule has 0 bridgehead atoms. The minimum absolute atomic E-state index is 0.0600. The Morgan fingerprint density at radius 2 is 2.33 bits per heavy atom. The van der Waals surface area contributed by atoms with E-state index in [1.54, 1.807) is 4.90 Å². The smallest absolute Gasteiger partial charge is 0.265 e. The van der Waals surface area contributed by atoms with Gasteiger partial charge >= 0.3 is 0 Å². The van der Waals surface area contributed by atoms with Crippen LogP contribution in [0.25, 0.3) is 11.3 Å². The molecular formula is C16H18N4O3S. The van der Waals surface area contributed by atoms with Crippen LogP contribution in [0, 0.1) is 0 Å². The molecule has 0 atom stereocenters. The minimum atomic E-state index is -0.153. The lowest BCUT2D eigenvalue weighted by atomic mass is 10.1. The number of likely N-dealkylation sites (N-methyl/N-ethyl adjacent to an activating group) is 1. The average Bonchev–Trinajstić information content (AvgIpc) is 3.03. The maximum atomic E-state index is 12.0. The van der Waals surface area contributed by atoms with Crippen molar-refractivity contribution >= 4 is 34.0 Å². The fourth-order valence-electron chi connectivity index (χ4n) is 2.48. The molecule has 0 aliphatic carbocycles. The van der Waals surface area contributed by atoms with Crippen LogP contribution in [0.5, 0.6) is 5.75 Å². The number of amides is 2. The van der Waals surface area contributed by atoms with E-state index in [1.165, 1.54) is 11.3 Å². The third-order valence-electron chi connectivity index (χ3n) is 3.64. The highest BCUT2D eigenvalue weighted by Crippen LogP contribution is 2.36. The number of rotatable bonds is 5. The predicted molar refractivity (Wildman–Crippen MR) is 93.4 cm³/mol. The van der Waals surface area contributed by atoms with Crippen LogP contribution in [0.3, 0.4) is 0 Å². The summed E-state index contributed by atoms with van der Waals surface area (Å²) in [6.45, 7) is 2.87. The van der Waals surface area contributed by atoms with Crippen molar-refractivity contribution in [3.05, 3.63) is 23.6 Å². The second kappa shape index (κ2) is 6.98. The molecule has 0 spiro atoms. The molecular weight excluding hydrogens is 328 g/mol. The molecule has 1 aromatic heterocycles. The molecule has 7 nitrogen and oxygen atoms in total. The number of thiazole rings is 1. The maximum absolute atomic E-state index is 12.0. The summed E-state index contributed by atoms with van der Waals surface area (Å²) in [6, 6.07) is 5.62. The Morgan fingerprint density at radius 1 is 1.50 bits per heavy atom. The monoisotopic (exact) mass is 346 g/mol.